The van der Waals surface area contributed by atoms with Crippen molar-refractivity contribution in [1.29, 1.82) is 27.0 Å². The first-order valence-corrected chi connectivity index (χ1v) is 52.4. The second kappa shape index (κ2) is 66.0. The topological polar surface area (TPSA) is 888 Å². The number of nitrogens with one attached hydrogen (secondary N) is 24. The summed E-state index contributed by atoms with van der Waals surface area (Å²) < 4.78 is 0. The van der Waals surface area contributed by atoms with Crippen LogP contribution in [0.2, 0.25) is 0 Å². The van der Waals surface area contributed by atoms with Gasteiger partial charge >= 0.3 is 6.03 Å². The minimum atomic E-state index is -1.90. The number of fused-ring (bicyclic) bond motifs is 2. The monoisotopic (exact) mass is 2140 g/mol. The fraction of sp³-hybridized carbons (Fsp3) is 0.558. The third kappa shape index (κ3) is 45.6. The van der Waals surface area contributed by atoms with Gasteiger partial charge in [-0.25, -0.2) is 4.79 Å². The molecule has 150 heavy (non-hydrogen) atoms. The molecule has 0 saturated carbocycles. The Bertz CT molecular complexity index is 5160. The first-order chi connectivity index (χ1) is 71.4. The number of urea groups is 1. The molecule has 55 heteroatoms. The summed E-state index contributed by atoms with van der Waals surface area (Å²) >= 11 is 0. The molecule has 4 aromatic carbocycles. The average molecular weight is 2140 g/mol. The zero-order valence-electron chi connectivity index (χ0n) is 85.2. The summed E-state index contributed by atoms with van der Waals surface area (Å²) in [7, 11) is 8.63. The van der Waals surface area contributed by atoms with Crippen molar-refractivity contribution in [3.8, 4) is 11.5 Å². The van der Waals surface area contributed by atoms with Crippen LogP contribution in [-0.4, -0.2) is 333 Å². The van der Waals surface area contributed by atoms with Crippen LogP contribution in [0.15, 0.2) is 91.0 Å². The van der Waals surface area contributed by atoms with Gasteiger partial charge in [0.2, 0.25) is 82.7 Å². The number of aromatic hydroxyl groups is 2. The lowest BCUT2D eigenvalue weighted by molar-refractivity contribution is -0.142. The molecule has 0 aromatic heterocycles. The summed E-state index contributed by atoms with van der Waals surface area (Å²) in [5.74, 6) is -17.4. The molecule has 44 N–H and O–H groups in total. The van der Waals surface area contributed by atoms with Crippen molar-refractivity contribution in [1.82, 2.24) is 116 Å². The number of nitrogens with zero attached hydrogens (tertiary/aromatic N) is 3. The predicted molar refractivity (Wildman–Crippen MR) is 570 cm³/mol. The highest BCUT2D eigenvalue weighted by Crippen LogP contribution is 2.27. The Morgan fingerprint density at radius 1 is 0.413 bits per heavy atom. The molecule has 2 heterocycles. The van der Waals surface area contributed by atoms with Crippen LogP contribution in [-0.2, 0) is 86.4 Å². The Hall–Kier alpha value is -14.6. The largest absolute Gasteiger partial charge is 0.508 e. The average Bonchev–Trinajstić information content (AvgIpc) is 1.78. The van der Waals surface area contributed by atoms with Crippen LogP contribution in [0.1, 0.15) is 145 Å². The molecule has 16 amide bonds. The highest BCUT2D eigenvalue weighted by atomic mass is 33.1. The van der Waals surface area contributed by atoms with E-state index in [4.69, 9.17) is 78.6 Å². The van der Waals surface area contributed by atoms with Gasteiger partial charge in [0.25, 0.3) is 0 Å². The Morgan fingerprint density at radius 2 is 0.800 bits per heavy atom. The molecular weight excluding hydrogens is 1980 g/mol. The first-order valence-electron chi connectivity index (χ1n) is 49.9. The van der Waals surface area contributed by atoms with Crippen LogP contribution >= 0.6 is 21.6 Å². The Morgan fingerprint density at radius 3 is 1.26 bits per heavy atom. The summed E-state index contributed by atoms with van der Waals surface area (Å²) in [6.45, 7) is 0.0641. The van der Waals surface area contributed by atoms with Crippen LogP contribution in [0.4, 0.5) is 4.79 Å². The van der Waals surface area contributed by atoms with Crippen molar-refractivity contribution in [3.05, 3.63) is 108 Å². The zero-order valence-corrected chi connectivity index (χ0v) is 86.9. The quantitative estimate of drug-likeness (QED) is 0.00642. The number of carbonyl (C=O) groups excluding carboxylic acids is 15. The number of hydrogen-bond acceptors (Lipinski definition) is 29. The molecule has 2 fully saturated rings. The van der Waals surface area contributed by atoms with Crippen molar-refractivity contribution in [3.63, 3.8) is 0 Å². The standard InChI is InChI=1S/C95H154N36O17S2/c1-129(2)95(130(3)4)128-67(27-15-45-114-93(107)108)81(140)119-65(25-14-44-113-92(105)106)79(138)123-71(51-56-29-34-57-18-5-6-19-58(57)48-56)84(143)127-73-53-150-149-52-72(85(144)116-61(75(98)134)22-11-41-110-89(99)100)126-80(139)66(26-16-46-115-94(109)148)118-77(136)64(24-13-43-112-91(103)104)121-83(142)70(50-55-32-37-60(133)38-33-55)125-87(146)74-28-17-47-131(74)88(147)68(21-8-10-40-97)122-78(137)62(20-7-9-39-96)117-76(135)63(23-12-42-111-90(101)102)120-82(141)69(124-86(73)145)49-54-30-35-59(132)36-31-54/h5-6,18-19,29-38,48,61-74,95,128,132-133H,7-17,20-28,39-47,49-53,96-97H2,1-4H3,(H2,98,134)(H,116,144)(H,117,135)(H,118,136)(H,119,140)(H,120,141)(H,121,142)(H,122,137)(H,123,138)(H,124,145)(H,125,146)(H,126,139)(H,127,143)(H4,99,100,110)(H4,101,102,111)(H4,103,104,112)(H4,105,106,113)(H4,107,108,114)(H3,109,115,148)/t61-,62-,63-,64-,65-,66-,67-,68+,69-,70-,71-,72-,73-,74?/m0/s1. The van der Waals surface area contributed by atoms with Crippen LogP contribution in [0.25, 0.3) is 10.8 Å². The third-order valence-electron chi connectivity index (χ3n) is 24.4. The van der Waals surface area contributed by atoms with E-state index in [2.05, 4.69) is 101 Å². The fourth-order valence-corrected chi connectivity index (χ4v) is 18.9. The molecule has 0 radical (unpaired) electrons. The van der Waals surface area contributed by atoms with E-state index in [-0.39, 0.29) is 210 Å². The molecule has 4 aromatic rings. The van der Waals surface area contributed by atoms with E-state index in [0.717, 1.165) is 27.0 Å². The van der Waals surface area contributed by atoms with Crippen molar-refractivity contribution >= 4 is 151 Å². The number of primary amides is 2. The Balaban J connectivity index is 1.64. The van der Waals surface area contributed by atoms with Gasteiger partial charge in [-0.1, -0.05) is 88.3 Å². The summed E-state index contributed by atoms with van der Waals surface area (Å²) in [6, 6.07) is 0.252. The lowest BCUT2D eigenvalue weighted by Gasteiger charge is -2.35. The van der Waals surface area contributed by atoms with Crippen LogP contribution in [0, 0.1) is 27.0 Å². The highest BCUT2D eigenvalue weighted by Gasteiger charge is 2.43. The highest BCUT2D eigenvalue weighted by molar-refractivity contribution is 8.76. The summed E-state index contributed by atoms with van der Waals surface area (Å²) in [5, 5.41) is 114. The molecule has 828 valence electrons. The lowest BCUT2D eigenvalue weighted by atomic mass is 10.00. The number of guanidine groups is 5. The molecular formula is C95H154N36O17S2. The molecule has 2 aliphatic rings. The number of unbranched alkanes of at least 4 members (excludes halogenated alkanes) is 2. The molecule has 0 bridgehead atoms. The normalized spacial score (nSPS) is 20.0. The molecule has 2 aliphatic heterocycles. The zero-order chi connectivity index (χ0) is 110. The van der Waals surface area contributed by atoms with E-state index in [1.807, 2.05) is 12.1 Å². The summed E-state index contributed by atoms with van der Waals surface area (Å²) in [5.41, 5.74) is 52.9. The van der Waals surface area contributed by atoms with E-state index < -0.39 is 221 Å². The van der Waals surface area contributed by atoms with E-state index in [0.29, 0.717) is 29.4 Å². The van der Waals surface area contributed by atoms with E-state index >= 15 is 62.3 Å². The number of amides is 16. The second-order valence-electron chi connectivity index (χ2n) is 37.0. The maximum Gasteiger partial charge on any atom is 0.312 e. The molecule has 2 saturated heterocycles. The molecule has 14 atom stereocenters. The van der Waals surface area contributed by atoms with Crippen LogP contribution in [0.5, 0.6) is 11.5 Å². The second-order valence-corrected chi connectivity index (χ2v) is 39.5. The predicted octanol–water partition coefficient (Wildman–Crippen LogP) is -6.64. The number of rotatable bonds is 51. The van der Waals surface area contributed by atoms with Gasteiger partial charge in [-0.3, -0.25) is 109 Å². The van der Waals surface area contributed by atoms with Crippen molar-refractivity contribution in [2.75, 3.05) is 98.6 Å². The van der Waals surface area contributed by atoms with Gasteiger partial charge in [-0.15, -0.1) is 0 Å². The molecule has 0 aliphatic carbocycles. The van der Waals surface area contributed by atoms with Crippen molar-refractivity contribution in [2.45, 2.75) is 239 Å². The van der Waals surface area contributed by atoms with Crippen molar-refractivity contribution in [2.24, 2.45) is 51.6 Å². The molecule has 0 spiro atoms. The summed E-state index contributed by atoms with van der Waals surface area (Å²) in [4.78, 5) is 232. The number of nitrogens with two attached hydrogens (primary N) is 9. The SMILES string of the molecule is CN(C)C(N[C@@H](CCCNC(=N)N)C(=O)N[C@@H](CCCNC(=N)N)C(=O)N[C@@H](Cc1ccc2ccccc2c1)C(=O)N[C@H]1CSSC[C@@H](C(=O)N[C@@H](CCCNC(=N)N)C(N)=O)NC(=O)[C@H](CCCNC(N)=O)NC(=O)[C@H](CCCNC(=N)N)NC(=O)[C@H](Cc2ccc(O)cc2)NC(=O)C2CCCN2C(=O)[C@@H](CCCCN)NC(=O)[C@H](CCCCN)NC(=O)[C@H](CCCNC(=N)N)NC(=O)[C@H](Cc2ccc(O)cc2)NC1=O)N(C)C. The number of carbonyl (C=O) groups is 15. The summed E-state index contributed by atoms with van der Waals surface area (Å²) in [6.07, 6.45) is -1.53. The molecule has 1 unspecified atom stereocenters. The van der Waals surface area contributed by atoms with E-state index in [1.54, 1.807) is 68.3 Å². The van der Waals surface area contributed by atoms with Crippen LogP contribution < -0.4 is 153 Å². The van der Waals surface area contributed by atoms with Crippen molar-refractivity contribution < 1.29 is 82.1 Å². The van der Waals surface area contributed by atoms with E-state index in [9.17, 15) is 19.8 Å². The van der Waals surface area contributed by atoms with Gasteiger partial charge in [0.15, 0.2) is 29.8 Å². The van der Waals surface area contributed by atoms with Gasteiger partial charge in [0.05, 0.1) is 6.04 Å². The van der Waals surface area contributed by atoms with Gasteiger partial charge in [-0.2, -0.15) is 0 Å². The van der Waals surface area contributed by atoms with Gasteiger partial charge in [-0.05, 0) is 221 Å². The number of phenolic OH excluding ortho intramolecular Hbond substituents is 2. The maximum atomic E-state index is 16.2. The van der Waals surface area contributed by atoms with Gasteiger partial charge in [0, 0.05) is 76.6 Å². The van der Waals surface area contributed by atoms with Crippen LogP contribution in [0.3, 0.4) is 0 Å². The lowest BCUT2D eigenvalue weighted by Crippen LogP contribution is -2.62. The smallest absolute Gasteiger partial charge is 0.312 e. The third-order valence-corrected chi connectivity index (χ3v) is 26.9. The minimum Gasteiger partial charge on any atom is -0.508 e. The number of benzene rings is 4. The molecule has 6 rings (SSSR count). The van der Waals surface area contributed by atoms with E-state index in [1.165, 1.54) is 53.4 Å². The fourth-order valence-electron chi connectivity index (χ4n) is 16.6. The first kappa shape index (κ1) is 124. The number of phenols is 2. The Kier molecular flexibility index (Phi) is 54.6. The maximum absolute atomic E-state index is 16.2. The number of hydrogen-bond donors (Lipinski definition) is 35. The molecule has 53 nitrogen and oxygen atoms in total. The Labute approximate surface area is 879 Å². The minimum absolute atomic E-state index is 0.00631. The van der Waals surface area contributed by atoms with Gasteiger partial charge in [0.1, 0.15) is 96.3 Å². The van der Waals surface area contributed by atoms with Gasteiger partial charge < -0.3 is 162 Å².